The zero-order valence-corrected chi connectivity index (χ0v) is 18.4. The number of ether oxygens (including phenoxy) is 1. The van der Waals surface area contributed by atoms with Gasteiger partial charge >= 0.3 is 0 Å². The number of hydrogen-bond donors (Lipinski definition) is 1. The maximum Gasteiger partial charge on any atom is 0.238 e. The molecule has 0 saturated carbocycles. The zero-order chi connectivity index (χ0) is 21.0. The molecule has 0 radical (unpaired) electrons. The molecule has 1 aromatic heterocycles. The van der Waals surface area contributed by atoms with E-state index in [4.69, 9.17) is 9.72 Å². The Morgan fingerprint density at radius 3 is 2.71 bits per heavy atom. The average Bonchev–Trinajstić information content (AvgIpc) is 3.25. The molecule has 1 atom stereocenters. The molecule has 7 heteroatoms. The van der Waals surface area contributed by atoms with Gasteiger partial charge in [-0.2, -0.15) is 0 Å². The van der Waals surface area contributed by atoms with E-state index < -0.39 is 0 Å². The van der Waals surface area contributed by atoms with Gasteiger partial charge < -0.3 is 15.0 Å². The van der Waals surface area contributed by atoms with Gasteiger partial charge in [0.25, 0.3) is 0 Å². The molecule has 5 rings (SSSR count). The molecule has 3 aromatic rings. The Labute approximate surface area is 186 Å². The van der Waals surface area contributed by atoms with Gasteiger partial charge in [-0.3, -0.25) is 9.69 Å². The van der Waals surface area contributed by atoms with E-state index in [9.17, 15) is 4.79 Å². The van der Waals surface area contributed by atoms with Crippen LogP contribution in [0.2, 0.25) is 0 Å². The van der Waals surface area contributed by atoms with Gasteiger partial charge in [0.1, 0.15) is 0 Å². The molecule has 1 N–H and O–H groups in total. The molecule has 3 heterocycles. The van der Waals surface area contributed by atoms with Crippen molar-refractivity contribution in [1.29, 1.82) is 0 Å². The van der Waals surface area contributed by atoms with Crippen LogP contribution in [0.1, 0.15) is 23.8 Å². The topological polar surface area (TPSA) is 57.7 Å². The zero-order valence-electron chi connectivity index (χ0n) is 17.6. The van der Waals surface area contributed by atoms with E-state index in [1.54, 1.807) is 11.3 Å². The number of piperidine rings is 1. The summed E-state index contributed by atoms with van der Waals surface area (Å²) in [5.41, 5.74) is 3.11. The van der Waals surface area contributed by atoms with Gasteiger partial charge in [-0.25, -0.2) is 4.98 Å². The molecule has 2 saturated heterocycles. The largest absolute Gasteiger partial charge is 0.378 e. The Kier molecular flexibility index (Phi) is 6.15. The van der Waals surface area contributed by atoms with E-state index in [0.717, 1.165) is 63.4 Å². The normalized spacial score (nSPS) is 20.1. The summed E-state index contributed by atoms with van der Waals surface area (Å²) in [6, 6.07) is 16.4. The van der Waals surface area contributed by atoms with Crippen molar-refractivity contribution in [2.24, 2.45) is 0 Å². The number of rotatable bonds is 5. The molecule has 1 unspecified atom stereocenters. The fraction of sp³-hybridized carbons (Fsp3) is 0.417. The van der Waals surface area contributed by atoms with Crippen LogP contribution in [0.4, 0.5) is 11.4 Å². The van der Waals surface area contributed by atoms with Crippen molar-refractivity contribution in [3.05, 3.63) is 53.5 Å². The Morgan fingerprint density at radius 1 is 1.10 bits per heavy atom. The van der Waals surface area contributed by atoms with Gasteiger partial charge in [-0.1, -0.05) is 12.1 Å². The van der Waals surface area contributed by atoms with Crippen LogP contribution >= 0.6 is 11.3 Å². The maximum atomic E-state index is 12.7. The molecule has 31 heavy (non-hydrogen) atoms. The van der Waals surface area contributed by atoms with Crippen molar-refractivity contribution in [3.63, 3.8) is 0 Å². The number of aromatic nitrogens is 1. The second kappa shape index (κ2) is 9.34. The van der Waals surface area contributed by atoms with Crippen molar-refractivity contribution in [1.82, 2.24) is 9.88 Å². The van der Waals surface area contributed by atoms with Crippen LogP contribution in [-0.2, 0) is 9.53 Å². The minimum Gasteiger partial charge on any atom is -0.378 e. The summed E-state index contributed by atoms with van der Waals surface area (Å²) in [6.07, 6.45) is 2.24. The Bertz CT molecular complexity index is 996. The van der Waals surface area contributed by atoms with Crippen LogP contribution in [0.25, 0.3) is 10.2 Å². The van der Waals surface area contributed by atoms with E-state index in [2.05, 4.69) is 45.4 Å². The number of thiazole rings is 1. The van der Waals surface area contributed by atoms with Gasteiger partial charge in [-0.15, -0.1) is 11.3 Å². The van der Waals surface area contributed by atoms with E-state index in [0.29, 0.717) is 12.5 Å². The van der Waals surface area contributed by atoms with E-state index in [1.807, 2.05) is 18.2 Å². The van der Waals surface area contributed by atoms with Gasteiger partial charge in [0.2, 0.25) is 5.91 Å². The van der Waals surface area contributed by atoms with Crippen molar-refractivity contribution < 1.29 is 9.53 Å². The summed E-state index contributed by atoms with van der Waals surface area (Å²) < 4.78 is 6.66. The van der Waals surface area contributed by atoms with Crippen molar-refractivity contribution in [3.8, 4) is 0 Å². The van der Waals surface area contributed by atoms with E-state index >= 15 is 0 Å². The highest BCUT2D eigenvalue weighted by molar-refractivity contribution is 7.18. The molecule has 2 aromatic carbocycles. The number of benzene rings is 2. The number of morpholine rings is 1. The summed E-state index contributed by atoms with van der Waals surface area (Å²) in [5.74, 6) is 0.454. The lowest BCUT2D eigenvalue weighted by molar-refractivity contribution is -0.117. The van der Waals surface area contributed by atoms with E-state index in [-0.39, 0.29) is 5.91 Å². The van der Waals surface area contributed by atoms with Crippen LogP contribution in [0.5, 0.6) is 0 Å². The first kappa shape index (κ1) is 20.4. The van der Waals surface area contributed by atoms with Crippen LogP contribution in [-0.4, -0.2) is 61.7 Å². The number of hydrogen-bond acceptors (Lipinski definition) is 6. The second-order valence-corrected chi connectivity index (χ2v) is 9.35. The fourth-order valence-electron chi connectivity index (χ4n) is 4.45. The number of likely N-dealkylation sites (tertiary alicyclic amines) is 1. The van der Waals surface area contributed by atoms with Crippen molar-refractivity contribution in [2.75, 3.05) is 56.2 Å². The van der Waals surface area contributed by atoms with Crippen molar-refractivity contribution >= 4 is 38.8 Å². The lowest BCUT2D eigenvalue weighted by Crippen LogP contribution is -2.39. The van der Waals surface area contributed by atoms with Gasteiger partial charge in [0.05, 0.1) is 35.0 Å². The molecule has 162 valence electrons. The van der Waals surface area contributed by atoms with Gasteiger partial charge in [0, 0.05) is 36.9 Å². The number of carbonyl (C=O) groups is 1. The van der Waals surface area contributed by atoms with Crippen LogP contribution in [0, 0.1) is 0 Å². The molecule has 2 aliphatic heterocycles. The number of carbonyl (C=O) groups excluding carboxylic acids is 1. The number of amides is 1. The minimum absolute atomic E-state index is 0.0454. The molecule has 1 amide bonds. The molecular weight excluding hydrogens is 408 g/mol. The molecule has 0 bridgehead atoms. The van der Waals surface area contributed by atoms with E-state index in [1.165, 1.54) is 15.4 Å². The maximum absolute atomic E-state index is 12.7. The first-order valence-electron chi connectivity index (χ1n) is 11.0. The summed E-state index contributed by atoms with van der Waals surface area (Å²) in [7, 11) is 0. The van der Waals surface area contributed by atoms with Gasteiger partial charge in [0.15, 0.2) is 0 Å². The standard InChI is InChI=1S/C24H28N4O2S/c29-23(25-19-7-9-20(10-8-19)28-12-14-30-15-13-28)17-27-11-3-4-18(16-27)24-26-21-5-1-2-6-22(21)31-24/h1-2,5-10,18H,3-4,11-17H2,(H,25,29). The number of nitrogens with one attached hydrogen (secondary N) is 1. The van der Waals surface area contributed by atoms with Crippen LogP contribution in [0.15, 0.2) is 48.5 Å². The van der Waals surface area contributed by atoms with Gasteiger partial charge in [-0.05, 0) is 55.8 Å². The molecule has 2 aliphatic rings. The third-order valence-corrected chi connectivity index (χ3v) is 7.26. The predicted octanol–water partition coefficient (Wildman–Crippen LogP) is 3.95. The fourth-order valence-corrected chi connectivity index (χ4v) is 5.54. The van der Waals surface area contributed by atoms with Crippen molar-refractivity contribution in [2.45, 2.75) is 18.8 Å². The highest BCUT2D eigenvalue weighted by Gasteiger charge is 2.25. The second-order valence-electron chi connectivity index (χ2n) is 8.29. The summed E-state index contributed by atoms with van der Waals surface area (Å²) in [4.78, 5) is 22.1. The third-order valence-electron chi connectivity index (χ3n) is 6.06. The Morgan fingerprint density at radius 2 is 1.90 bits per heavy atom. The number of para-hydroxylation sites is 1. The smallest absolute Gasteiger partial charge is 0.238 e. The van der Waals surface area contributed by atoms with Crippen LogP contribution in [0.3, 0.4) is 0 Å². The lowest BCUT2D eigenvalue weighted by atomic mass is 9.99. The number of nitrogens with zero attached hydrogens (tertiary/aromatic N) is 3. The first-order valence-corrected chi connectivity index (χ1v) is 11.9. The molecule has 0 spiro atoms. The Hall–Kier alpha value is -2.48. The van der Waals surface area contributed by atoms with Crippen LogP contribution < -0.4 is 10.2 Å². The molecule has 2 fully saturated rings. The number of anilines is 2. The minimum atomic E-state index is 0.0454. The summed E-state index contributed by atoms with van der Waals surface area (Å²) >= 11 is 1.79. The molecule has 6 nitrogen and oxygen atoms in total. The summed E-state index contributed by atoms with van der Waals surface area (Å²) in [6.45, 7) is 5.65. The molecular formula is C24H28N4O2S. The lowest BCUT2D eigenvalue weighted by Gasteiger charge is -2.31. The summed E-state index contributed by atoms with van der Waals surface area (Å²) in [5, 5.41) is 4.26. The SMILES string of the molecule is O=C(CN1CCCC(c2nc3ccccc3s2)C1)Nc1ccc(N2CCOCC2)cc1. The first-order chi connectivity index (χ1) is 15.2. The highest BCUT2D eigenvalue weighted by atomic mass is 32.1. The molecule has 0 aliphatic carbocycles. The third kappa shape index (κ3) is 4.89. The number of fused-ring (bicyclic) bond motifs is 1. The average molecular weight is 437 g/mol. The monoisotopic (exact) mass is 436 g/mol. The predicted molar refractivity (Wildman–Crippen MR) is 126 cm³/mol. The Balaban J connectivity index is 1.16. The quantitative estimate of drug-likeness (QED) is 0.656. The highest BCUT2D eigenvalue weighted by Crippen LogP contribution is 2.32.